The van der Waals surface area contributed by atoms with Crippen molar-refractivity contribution in [1.82, 2.24) is 19.3 Å². The van der Waals surface area contributed by atoms with E-state index in [0.717, 1.165) is 16.8 Å². The summed E-state index contributed by atoms with van der Waals surface area (Å²) < 4.78 is 8.57. The summed E-state index contributed by atoms with van der Waals surface area (Å²) in [6.45, 7) is 1.82. The molecule has 0 N–H and O–H groups in total. The van der Waals surface area contributed by atoms with Crippen LogP contribution in [0.15, 0.2) is 23.2 Å². The molecular weight excluding hydrogens is 308 g/mol. The molecule has 2 aromatic rings. The van der Waals surface area contributed by atoms with E-state index >= 15 is 0 Å². The van der Waals surface area contributed by atoms with Gasteiger partial charge in [-0.15, -0.1) is 0 Å². The molecule has 1 unspecified atom stereocenters. The lowest BCUT2D eigenvalue weighted by atomic mass is 10.0. The molecule has 5 nitrogen and oxygen atoms in total. The van der Waals surface area contributed by atoms with Gasteiger partial charge in [-0.2, -0.15) is 0 Å². The third-order valence-electron chi connectivity index (χ3n) is 3.65. The summed E-state index contributed by atoms with van der Waals surface area (Å²) in [5.74, 6) is 0.596. The molecule has 3 rings (SSSR count). The number of aromatic nitrogens is 3. The van der Waals surface area contributed by atoms with Gasteiger partial charge in [0, 0.05) is 24.6 Å². The van der Waals surface area contributed by atoms with Gasteiger partial charge in [-0.05, 0) is 42.4 Å². The second-order valence-corrected chi connectivity index (χ2v) is 5.78. The quantitative estimate of drug-likeness (QED) is 0.869. The zero-order chi connectivity index (χ0) is 13.2. The first-order chi connectivity index (χ1) is 9.24. The van der Waals surface area contributed by atoms with Crippen LogP contribution in [-0.4, -0.2) is 45.5 Å². The molecule has 102 valence electrons. The summed E-state index contributed by atoms with van der Waals surface area (Å²) in [6.07, 6.45) is 9.28. The average molecular weight is 325 g/mol. The molecule has 19 heavy (non-hydrogen) atoms. The highest BCUT2D eigenvalue weighted by Gasteiger charge is 2.20. The third-order valence-corrected chi connectivity index (χ3v) is 4.03. The number of fused-ring (bicyclic) bond motifs is 1. The van der Waals surface area contributed by atoms with E-state index in [4.69, 9.17) is 4.74 Å². The maximum Gasteiger partial charge on any atom is 0.259 e. The van der Waals surface area contributed by atoms with E-state index in [1.807, 2.05) is 16.8 Å². The zero-order valence-electron chi connectivity index (χ0n) is 10.9. The van der Waals surface area contributed by atoms with E-state index in [9.17, 15) is 0 Å². The van der Waals surface area contributed by atoms with Crippen LogP contribution in [0.1, 0.15) is 19.3 Å². The minimum Gasteiger partial charge on any atom is -0.473 e. The molecule has 0 spiro atoms. The average Bonchev–Trinajstić information content (AvgIpc) is 2.85. The molecule has 0 bridgehead atoms. The fourth-order valence-corrected chi connectivity index (χ4v) is 2.88. The Hall–Kier alpha value is -1.14. The van der Waals surface area contributed by atoms with Gasteiger partial charge in [-0.25, -0.2) is 9.97 Å². The van der Waals surface area contributed by atoms with E-state index in [2.05, 4.69) is 37.8 Å². The Balaban J connectivity index is 1.75. The van der Waals surface area contributed by atoms with E-state index < -0.39 is 0 Å². The van der Waals surface area contributed by atoms with Gasteiger partial charge in [0.05, 0.1) is 0 Å². The first-order valence-electron chi connectivity index (χ1n) is 6.56. The Bertz CT molecular complexity index is 571. The molecule has 0 aliphatic carbocycles. The Morgan fingerprint density at radius 2 is 2.37 bits per heavy atom. The van der Waals surface area contributed by atoms with Crippen molar-refractivity contribution in [1.29, 1.82) is 0 Å². The van der Waals surface area contributed by atoms with Gasteiger partial charge in [0.25, 0.3) is 5.88 Å². The van der Waals surface area contributed by atoms with Gasteiger partial charge < -0.3 is 9.64 Å². The number of rotatable bonds is 3. The van der Waals surface area contributed by atoms with Crippen LogP contribution in [-0.2, 0) is 0 Å². The first kappa shape index (κ1) is 12.9. The molecular formula is C13H17BrN4O. The van der Waals surface area contributed by atoms with Crippen molar-refractivity contribution in [2.75, 3.05) is 20.2 Å². The second-order valence-electron chi connectivity index (χ2n) is 4.97. The van der Waals surface area contributed by atoms with Gasteiger partial charge in [0.1, 0.15) is 11.2 Å². The predicted molar refractivity (Wildman–Crippen MR) is 76.5 cm³/mol. The number of hydrogen-bond acceptors (Lipinski definition) is 4. The molecule has 0 saturated carbocycles. The molecule has 3 heterocycles. The Labute approximate surface area is 120 Å². The molecule has 1 fully saturated rings. The van der Waals surface area contributed by atoms with Crippen LogP contribution in [0.25, 0.3) is 5.65 Å². The first-order valence-corrected chi connectivity index (χ1v) is 7.35. The number of halogens is 1. The van der Waals surface area contributed by atoms with Crippen molar-refractivity contribution in [3.63, 3.8) is 0 Å². The van der Waals surface area contributed by atoms with Crippen LogP contribution in [0, 0.1) is 0 Å². The minimum absolute atomic E-state index is 0.476. The normalized spacial score (nSPS) is 20.8. The van der Waals surface area contributed by atoms with Crippen molar-refractivity contribution in [2.24, 2.45) is 0 Å². The standard InChI is InChI=1S/C13H17BrN4O/c1-17-6-3-2-4-10(17)9-19-13-12-15-5-7-18(12)8-11(14)16-13/h5,7-8,10H,2-4,6,9H2,1H3. The van der Waals surface area contributed by atoms with Gasteiger partial charge in [0.15, 0.2) is 0 Å². The Morgan fingerprint density at radius 3 is 3.21 bits per heavy atom. The molecule has 2 aromatic heterocycles. The highest BCUT2D eigenvalue weighted by Crippen LogP contribution is 2.21. The predicted octanol–water partition coefficient (Wildman–Crippen LogP) is 2.35. The SMILES string of the molecule is CN1CCCCC1COc1nc(Br)cn2ccnc12. The number of piperidine rings is 1. The fraction of sp³-hybridized carbons (Fsp3) is 0.538. The molecule has 1 atom stereocenters. The van der Waals surface area contributed by atoms with Crippen molar-refractivity contribution in [3.8, 4) is 5.88 Å². The van der Waals surface area contributed by atoms with Crippen LogP contribution in [0.2, 0.25) is 0 Å². The lowest BCUT2D eigenvalue weighted by molar-refractivity contribution is 0.123. The van der Waals surface area contributed by atoms with Crippen LogP contribution in [0.4, 0.5) is 0 Å². The molecule has 0 amide bonds. The maximum atomic E-state index is 5.90. The van der Waals surface area contributed by atoms with Crippen molar-refractivity contribution < 1.29 is 4.74 Å². The number of hydrogen-bond donors (Lipinski definition) is 0. The molecule has 1 saturated heterocycles. The van der Waals surface area contributed by atoms with Crippen molar-refractivity contribution >= 4 is 21.6 Å². The second kappa shape index (κ2) is 5.46. The number of imidazole rings is 1. The third kappa shape index (κ3) is 2.74. The smallest absolute Gasteiger partial charge is 0.259 e. The molecule has 0 radical (unpaired) electrons. The Morgan fingerprint density at radius 1 is 1.47 bits per heavy atom. The lowest BCUT2D eigenvalue weighted by Crippen LogP contribution is -2.40. The summed E-state index contributed by atoms with van der Waals surface area (Å²) in [4.78, 5) is 11.0. The summed E-state index contributed by atoms with van der Waals surface area (Å²) in [6, 6.07) is 0.476. The van der Waals surface area contributed by atoms with E-state index in [1.54, 1.807) is 6.20 Å². The largest absolute Gasteiger partial charge is 0.473 e. The van der Waals surface area contributed by atoms with Gasteiger partial charge in [0.2, 0.25) is 5.65 Å². The number of ether oxygens (including phenoxy) is 1. The van der Waals surface area contributed by atoms with Gasteiger partial charge in [-0.1, -0.05) is 6.42 Å². The summed E-state index contributed by atoms with van der Waals surface area (Å²) in [5, 5.41) is 0. The topological polar surface area (TPSA) is 42.7 Å². The molecule has 1 aliphatic heterocycles. The lowest BCUT2D eigenvalue weighted by Gasteiger charge is -2.31. The van der Waals surface area contributed by atoms with E-state index in [0.29, 0.717) is 18.5 Å². The van der Waals surface area contributed by atoms with Crippen LogP contribution in [0.5, 0.6) is 5.88 Å². The monoisotopic (exact) mass is 324 g/mol. The van der Waals surface area contributed by atoms with Crippen LogP contribution in [0.3, 0.4) is 0 Å². The summed E-state index contributed by atoms with van der Waals surface area (Å²) >= 11 is 3.40. The fourth-order valence-electron chi connectivity index (χ4n) is 2.50. The van der Waals surface area contributed by atoms with Crippen LogP contribution >= 0.6 is 15.9 Å². The zero-order valence-corrected chi connectivity index (χ0v) is 12.5. The highest BCUT2D eigenvalue weighted by atomic mass is 79.9. The van der Waals surface area contributed by atoms with Crippen molar-refractivity contribution in [3.05, 3.63) is 23.2 Å². The Kier molecular flexibility index (Phi) is 3.70. The number of likely N-dealkylation sites (N-methyl/N-ethyl adjacent to an activating group) is 1. The highest BCUT2D eigenvalue weighted by molar-refractivity contribution is 9.10. The maximum absolute atomic E-state index is 5.90. The molecule has 0 aromatic carbocycles. The van der Waals surface area contributed by atoms with E-state index in [1.165, 1.54) is 19.3 Å². The number of likely N-dealkylation sites (tertiary alicyclic amines) is 1. The molecule has 1 aliphatic rings. The van der Waals surface area contributed by atoms with Crippen LogP contribution < -0.4 is 4.74 Å². The summed E-state index contributed by atoms with van der Waals surface area (Å²) in [7, 11) is 2.16. The van der Waals surface area contributed by atoms with Gasteiger partial charge in [-0.3, -0.25) is 4.40 Å². The molecule has 6 heteroatoms. The van der Waals surface area contributed by atoms with Gasteiger partial charge >= 0.3 is 0 Å². The van der Waals surface area contributed by atoms with Crippen molar-refractivity contribution in [2.45, 2.75) is 25.3 Å². The number of nitrogens with zero attached hydrogens (tertiary/aromatic N) is 4. The summed E-state index contributed by atoms with van der Waals surface area (Å²) in [5.41, 5.74) is 0.765. The minimum atomic E-state index is 0.476. The van der Waals surface area contributed by atoms with E-state index in [-0.39, 0.29) is 0 Å².